The number of nitrogens with zero attached hydrogens (tertiary/aromatic N) is 2. The molecule has 0 spiro atoms. The molecule has 1 aliphatic rings. The molecule has 0 radical (unpaired) electrons. The molecule has 1 fully saturated rings. The van der Waals surface area contributed by atoms with Crippen LogP contribution in [0.2, 0.25) is 0 Å². The molecule has 2 atom stereocenters. The zero-order valence-corrected chi connectivity index (χ0v) is 22.8. The van der Waals surface area contributed by atoms with E-state index in [9.17, 15) is 14.4 Å². The van der Waals surface area contributed by atoms with Crippen molar-refractivity contribution in [3.63, 3.8) is 0 Å². The molecule has 1 saturated carbocycles. The maximum Gasteiger partial charge on any atom is 0.246 e. The van der Waals surface area contributed by atoms with Gasteiger partial charge >= 0.3 is 0 Å². The maximum atomic E-state index is 14.0. The lowest BCUT2D eigenvalue weighted by Crippen LogP contribution is -2.55. The van der Waals surface area contributed by atoms with Crippen LogP contribution in [0.1, 0.15) is 36.8 Å². The Morgan fingerprint density at radius 3 is 2.13 bits per heavy atom. The van der Waals surface area contributed by atoms with Crippen LogP contribution < -0.4 is 11.5 Å². The summed E-state index contributed by atoms with van der Waals surface area (Å²) in [6.45, 7) is 0. The molecule has 4 N–H and O–H groups in total. The third-order valence-corrected chi connectivity index (χ3v) is 7.89. The van der Waals surface area contributed by atoms with Gasteiger partial charge in [0.1, 0.15) is 12.1 Å². The number of benzene rings is 3. The predicted octanol–water partition coefficient (Wildman–Crippen LogP) is 3.59. The van der Waals surface area contributed by atoms with Crippen molar-refractivity contribution in [2.75, 3.05) is 14.1 Å². The molecule has 39 heavy (non-hydrogen) atoms. The van der Waals surface area contributed by atoms with Crippen molar-refractivity contribution in [2.45, 2.75) is 56.1 Å². The molecule has 4 rings (SSSR count). The summed E-state index contributed by atoms with van der Waals surface area (Å²) >= 11 is 0. The summed E-state index contributed by atoms with van der Waals surface area (Å²) in [4.78, 5) is 42.5. The van der Waals surface area contributed by atoms with Crippen LogP contribution in [0.3, 0.4) is 0 Å². The van der Waals surface area contributed by atoms with E-state index in [0.717, 1.165) is 41.2 Å². The van der Waals surface area contributed by atoms with Crippen molar-refractivity contribution in [1.82, 2.24) is 9.80 Å². The summed E-state index contributed by atoms with van der Waals surface area (Å²) in [5, 5.41) is 2.15. The number of carbonyl (C=O) groups excluding carboxylic acids is 3. The van der Waals surface area contributed by atoms with Gasteiger partial charge in [0.25, 0.3) is 0 Å². The van der Waals surface area contributed by atoms with E-state index in [1.165, 1.54) is 15.9 Å². The minimum atomic E-state index is -0.853. The third-order valence-electron chi connectivity index (χ3n) is 7.89. The zero-order chi connectivity index (χ0) is 28.0. The first-order chi connectivity index (χ1) is 18.7. The van der Waals surface area contributed by atoms with Crippen LogP contribution in [0, 0.1) is 0 Å². The van der Waals surface area contributed by atoms with Crippen LogP contribution in [0.25, 0.3) is 10.8 Å². The highest BCUT2D eigenvalue weighted by Gasteiger charge is 2.34. The fourth-order valence-electron chi connectivity index (χ4n) is 5.13. The monoisotopic (exact) mass is 526 g/mol. The Kier molecular flexibility index (Phi) is 8.82. The van der Waals surface area contributed by atoms with Crippen LogP contribution in [0.15, 0.2) is 84.9 Å². The summed E-state index contributed by atoms with van der Waals surface area (Å²) in [5.74, 6) is -1.23. The van der Waals surface area contributed by atoms with Gasteiger partial charge in [-0.2, -0.15) is 0 Å². The van der Waals surface area contributed by atoms with Crippen LogP contribution in [-0.2, 0) is 27.2 Å². The molecular formula is C32H38N4O3. The van der Waals surface area contributed by atoms with E-state index < -0.39 is 18.0 Å². The fourth-order valence-corrected chi connectivity index (χ4v) is 5.13. The lowest BCUT2D eigenvalue weighted by atomic mass is 9.75. The lowest BCUT2D eigenvalue weighted by Gasteiger charge is -2.37. The molecule has 7 heteroatoms. The summed E-state index contributed by atoms with van der Waals surface area (Å²) in [6.07, 6.45) is 7.52. The van der Waals surface area contributed by atoms with Gasteiger partial charge in [-0.05, 0) is 53.7 Å². The fraction of sp³-hybridized carbons (Fsp3) is 0.344. The summed E-state index contributed by atoms with van der Waals surface area (Å²) in [6, 6.07) is 21.8. The number of hydrogen-bond donors (Lipinski definition) is 2. The number of amides is 3. The molecule has 0 saturated heterocycles. The molecule has 1 unspecified atom stereocenters. The topological polar surface area (TPSA) is 110 Å². The van der Waals surface area contributed by atoms with Gasteiger partial charge in [0.2, 0.25) is 17.7 Å². The largest absolute Gasteiger partial charge is 0.368 e. The molecule has 7 nitrogen and oxygen atoms in total. The maximum absolute atomic E-state index is 14.0. The quantitative estimate of drug-likeness (QED) is 0.372. The molecule has 0 bridgehead atoms. The van der Waals surface area contributed by atoms with Gasteiger partial charge in [-0.3, -0.25) is 14.4 Å². The molecule has 0 aliphatic heterocycles. The van der Waals surface area contributed by atoms with E-state index in [4.69, 9.17) is 11.5 Å². The van der Waals surface area contributed by atoms with Gasteiger partial charge in [0.05, 0.1) is 0 Å². The second-order valence-corrected chi connectivity index (χ2v) is 10.7. The Hall–Kier alpha value is -3.97. The van der Waals surface area contributed by atoms with E-state index >= 15 is 0 Å². The average Bonchev–Trinajstić information content (AvgIpc) is 2.92. The normalized spacial score (nSPS) is 15.9. The molecule has 0 heterocycles. The van der Waals surface area contributed by atoms with Crippen molar-refractivity contribution >= 4 is 28.5 Å². The van der Waals surface area contributed by atoms with E-state index in [2.05, 4.69) is 0 Å². The van der Waals surface area contributed by atoms with Crippen molar-refractivity contribution in [3.05, 3.63) is 96.1 Å². The summed E-state index contributed by atoms with van der Waals surface area (Å²) < 4.78 is 0. The second kappa shape index (κ2) is 12.3. The molecule has 3 amide bonds. The second-order valence-electron chi connectivity index (χ2n) is 10.7. The number of fused-ring (bicyclic) bond motifs is 1. The van der Waals surface area contributed by atoms with Crippen LogP contribution in [0.4, 0.5) is 0 Å². The number of rotatable bonds is 11. The van der Waals surface area contributed by atoms with Gasteiger partial charge in [0.15, 0.2) is 0 Å². The lowest BCUT2D eigenvalue weighted by molar-refractivity contribution is -0.145. The predicted molar refractivity (Wildman–Crippen MR) is 155 cm³/mol. The molecule has 204 valence electrons. The smallest absolute Gasteiger partial charge is 0.246 e. The number of nitrogens with two attached hydrogens (primary N) is 2. The zero-order valence-electron chi connectivity index (χ0n) is 22.8. The van der Waals surface area contributed by atoms with E-state index in [1.807, 2.05) is 72.8 Å². The van der Waals surface area contributed by atoms with Gasteiger partial charge in [-0.25, -0.2) is 0 Å². The average molecular weight is 527 g/mol. The SMILES string of the molecule is CN(C(=O)[C@H](Cc1ccc2ccccc2c1)N(C)C(=O)/C=C/CC1(N)CCC1)C(Cc1ccccc1)C(N)=O. The minimum absolute atomic E-state index is 0.234. The summed E-state index contributed by atoms with van der Waals surface area (Å²) in [5.41, 5.74) is 13.6. The minimum Gasteiger partial charge on any atom is -0.368 e. The number of primary amides is 1. The Morgan fingerprint density at radius 1 is 0.846 bits per heavy atom. The number of carbonyl (C=O) groups is 3. The van der Waals surface area contributed by atoms with Crippen LogP contribution in [0.5, 0.6) is 0 Å². The first kappa shape index (κ1) is 28.0. The molecule has 1 aliphatic carbocycles. The van der Waals surface area contributed by atoms with E-state index in [-0.39, 0.29) is 23.8 Å². The molecule has 3 aromatic rings. The Morgan fingerprint density at radius 2 is 1.49 bits per heavy atom. The van der Waals surface area contributed by atoms with Crippen LogP contribution >= 0.6 is 0 Å². The Bertz CT molecular complexity index is 1350. The van der Waals surface area contributed by atoms with Gasteiger partial charge in [-0.15, -0.1) is 0 Å². The first-order valence-corrected chi connectivity index (χ1v) is 13.5. The first-order valence-electron chi connectivity index (χ1n) is 13.5. The highest BCUT2D eigenvalue weighted by atomic mass is 16.2. The summed E-state index contributed by atoms with van der Waals surface area (Å²) in [7, 11) is 3.21. The number of hydrogen-bond acceptors (Lipinski definition) is 4. The van der Waals surface area contributed by atoms with E-state index in [0.29, 0.717) is 12.8 Å². The molecular weight excluding hydrogens is 488 g/mol. The van der Waals surface area contributed by atoms with Crippen molar-refractivity contribution in [2.24, 2.45) is 11.5 Å². The van der Waals surface area contributed by atoms with Crippen LogP contribution in [-0.4, -0.2) is 59.2 Å². The molecule has 0 aromatic heterocycles. The Balaban J connectivity index is 1.59. The van der Waals surface area contributed by atoms with Gasteiger partial charge in [0, 0.05) is 32.5 Å². The van der Waals surface area contributed by atoms with Crippen molar-refractivity contribution in [3.8, 4) is 0 Å². The third kappa shape index (κ3) is 6.92. The van der Waals surface area contributed by atoms with E-state index in [1.54, 1.807) is 20.2 Å². The number of likely N-dealkylation sites (N-methyl/N-ethyl adjacent to an activating group) is 2. The molecule has 3 aromatic carbocycles. The standard InChI is InChI=1S/C32H38N4O3/c1-35(29(37)14-8-17-32(34)18-9-19-32)28(22-24-15-16-25-12-6-7-13-26(25)20-24)31(39)36(2)27(30(33)38)21-23-10-4-3-5-11-23/h3-8,10-16,20,27-28H,9,17-19,21-22,34H2,1-2H3,(H2,33,38)/b14-8+/t27?,28-/m0/s1. The van der Waals surface area contributed by atoms with Crippen molar-refractivity contribution in [1.29, 1.82) is 0 Å². The van der Waals surface area contributed by atoms with Gasteiger partial charge in [-0.1, -0.05) is 78.9 Å². The van der Waals surface area contributed by atoms with Gasteiger partial charge < -0.3 is 21.3 Å². The Labute approximate surface area is 230 Å². The van der Waals surface area contributed by atoms with Crippen molar-refractivity contribution < 1.29 is 14.4 Å². The highest BCUT2D eigenvalue weighted by Crippen LogP contribution is 2.32. The highest BCUT2D eigenvalue weighted by molar-refractivity contribution is 5.95.